The highest BCUT2D eigenvalue weighted by atomic mass is 15.0. The summed E-state index contributed by atoms with van der Waals surface area (Å²) in [6, 6.07) is 9.00. The maximum atomic E-state index is 4.27. The van der Waals surface area contributed by atoms with Gasteiger partial charge in [-0.1, -0.05) is 29.8 Å². The lowest BCUT2D eigenvalue weighted by atomic mass is 10.1. The molecular weight excluding hydrogens is 134 g/mol. The van der Waals surface area contributed by atoms with Gasteiger partial charge in [-0.05, 0) is 19.4 Å². The van der Waals surface area contributed by atoms with E-state index < -0.39 is 0 Å². The Morgan fingerprint density at radius 2 is 1.73 bits per heavy atom. The van der Waals surface area contributed by atoms with Crippen LogP contribution in [0.2, 0.25) is 0 Å². The van der Waals surface area contributed by atoms with Gasteiger partial charge in [0.05, 0.1) is 11.8 Å². The van der Waals surface area contributed by atoms with Crippen LogP contribution in [0.3, 0.4) is 0 Å². The molecule has 11 heavy (non-hydrogen) atoms. The first-order valence-electron chi connectivity index (χ1n) is 3.92. The van der Waals surface area contributed by atoms with Crippen LogP contribution in [-0.2, 0) is 0 Å². The van der Waals surface area contributed by atoms with Gasteiger partial charge in [0, 0.05) is 0 Å². The molecule has 0 spiro atoms. The molecule has 1 aliphatic rings. The molecule has 1 heterocycles. The molecule has 1 nitrogen and oxygen atoms in total. The highest BCUT2D eigenvalue weighted by Crippen LogP contribution is 2.18. The van der Waals surface area contributed by atoms with Crippen molar-refractivity contribution >= 4 is 5.71 Å². The zero-order valence-corrected chi connectivity index (χ0v) is 6.83. The van der Waals surface area contributed by atoms with E-state index in [4.69, 9.17) is 0 Å². The second-order valence-corrected chi connectivity index (χ2v) is 3.06. The van der Waals surface area contributed by atoms with Gasteiger partial charge in [0.1, 0.15) is 0 Å². The van der Waals surface area contributed by atoms with Gasteiger partial charge in [0.2, 0.25) is 0 Å². The highest BCUT2D eigenvalue weighted by Gasteiger charge is 2.22. The third-order valence-corrected chi connectivity index (χ3v) is 2.01. The number of aryl methyl sites for hydroxylation is 1. The molecule has 0 fully saturated rings. The Hall–Kier alpha value is -1.11. The fourth-order valence-electron chi connectivity index (χ4n) is 1.21. The average Bonchev–Trinajstić information content (AvgIpc) is 2.69. The summed E-state index contributed by atoms with van der Waals surface area (Å²) in [5, 5.41) is 0. The molecule has 0 aromatic heterocycles. The third kappa shape index (κ3) is 1.18. The summed E-state index contributed by atoms with van der Waals surface area (Å²) in [6.07, 6.45) is 0. The maximum absolute atomic E-state index is 4.27. The quantitative estimate of drug-likeness (QED) is 0.574. The normalized spacial score (nSPS) is 21.3. The molecule has 0 amide bonds. The number of rotatable bonds is 1. The Morgan fingerprint density at radius 1 is 1.18 bits per heavy atom. The molecule has 1 heteroatoms. The Labute approximate surface area is 66.8 Å². The van der Waals surface area contributed by atoms with Crippen LogP contribution in [-0.4, -0.2) is 11.8 Å². The molecule has 0 aliphatic carbocycles. The molecule has 56 valence electrons. The van der Waals surface area contributed by atoms with Crippen molar-refractivity contribution in [2.75, 3.05) is 0 Å². The lowest BCUT2D eigenvalue weighted by Crippen LogP contribution is -1.93. The molecule has 1 aromatic carbocycles. The molecule has 1 aliphatic heterocycles. The number of nitrogens with zero attached hydrogens (tertiary/aromatic N) is 1. The summed E-state index contributed by atoms with van der Waals surface area (Å²) in [4.78, 5) is 4.27. The van der Waals surface area contributed by atoms with Crippen LogP contribution in [0.25, 0.3) is 0 Å². The summed E-state index contributed by atoms with van der Waals surface area (Å²) in [5.74, 6) is 0. The molecule has 1 atom stereocenters. The largest absolute Gasteiger partial charge is 0.277 e. The predicted octanol–water partition coefficient (Wildman–Crippen LogP) is 2.19. The number of hydrogen-bond acceptors (Lipinski definition) is 1. The van der Waals surface area contributed by atoms with Crippen molar-refractivity contribution in [3.05, 3.63) is 35.4 Å². The molecule has 1 unspecified atom stereocenters. The fourth-order valence-corrected chi connectivity index (χ4v) is 1.21. The van der Waals surface area contributed by atoms with Gasteiger partial charge in [0.15, 0.2) is 0 Å². The number of hydrogen-bond donors (Lipinski definition) is 0. The minimum Gasteiger partial charge on any atom is -0.277 e. The van der Waals surface area contributed by atoms with Crippen molar-refractivity contribution in [2.24, 2.45) is 4.99 Å². The molecule has 0 saturated heterocycles. The highest BCUT2D eigenvalue weighted by molar-refractivity contribution is 6.13. The first-order chi connectivity index (χ1) is 5.27. The van der Waals surface area contributed by atoms with Gasteiger partial charge in [0.25, 0.3) is 0 Å². The van der Waals surface area contributed by atoms with Gasteiger partial charge >= 0.3 is 0 Å². The Morgan fingerprint density at radius 3 is 2.18 bits per heavy atom. The predicted molar refractivity (Wildman–Crippen MR) is 47.2 cm³/mol. The summed E-state index contributed by atoms with van der Waals surface area (Å²) >= 11 is 0. The number of benzene rings is 1. The molecule has 0 radical (unpaired) electrons. The third-order valence-electron chi connectivity index (χ3n) is 2.01. The van der Waals surface area contributed by atoms with E-state index in [1.165, 1.54) is 16.8 Å². The van der Waals surface area contributed by atoms with E-state index in [-0.39, 0.29) is 0 Å². The Balaban J connectivity index is 2.28. The monoisotopic (exact) mass is 145 g/mol. The summed E-state index contributed by atoms with van der Waals surface area (Å²) in [7, 11) is 0. The van der Waals surface area contributed by atoms with E-state index in [2.05, 4.69) is 43.1 Å². The van der Waals surface area contributed by atoms with Crippen LogP contribution >= 0.6 is 0 Å². The van der Waals surface area contributed by atoms with Crippen molar-refractivity contribution in [3.63, 3.8) is 0 Å². The zero-order valence-electron chi connectivity index (χ0n) is 6.83. The van der Waals surface area contributed by atoms with E-state index in [0.717, 1.165) is 0 Å². The lowest BCUT2D eigenvalue weighted by molar-refractivity contribution is 1.15. The van der Waals surface area contributed by atoms with Crippen molar-refractivity contribution < 1.29 is 0 Å². The second kappa shape index (κ2) is 2.19. The van der Waals surface area contributed by atoms with Gasteiger partial charge in [-0.25, -0.2) is 0 Å². The SMILES string of the molecule is Cc1ccc(C2=NC2C)cc1. The van der Waals surface area contributed by atoms with Crippen LogP contribution in [0.4, 0.5) is 0 Å². The average molecular weight is 145 g/mol. The second-order valence-electron chi connectivity index (χ2n) is 3.06. The standard InChI is InChI=1S/C10H11N/c1-7-3-5-9(6-4-7)10-8(2)11-10/h3-6,8H,1-2H3. The molecular formula is C10H11N. The van der Waals surface area contributed by atoms with Crippen LogP contribution in [0.5, 0.6) is 0 Å². The first kappa shape index (κ1) is 6.59. The first-order valence-corrected chi connectivity index (χ1v) is 3.92. The van der Waals surface area contributed by atoms with Crippen LogP contribution in [0.1, 0.15) is 18.1 Å². The maximum Gasteiger partial charge on any atom is 0.0897 e. The van der Waals surface area contributed by atoms with E-state index in [0.29, 0.717) is 6.04 Å². The Bertz CT molecular complexity index is 295. The van der Waals surface area contributed by atoms with Crippen LogP contribution < -0.4 is 0 Å². The van der Waals surface area contributed by atoms with E-state index >= 15 is 0 Å². The zero-order chi connectivity index (χ0) is 7.84. The summed E-state index contributed by atoms with van der Waals surface area (Å²) in [5.41, 5.74) is 3.84. The molecule has 1 aromatic rings. The molecule has 0 saturated carbocycles. The topological polar surface area (TPSA) is 12.4 Å². The molecule has 0 N–H and O–H groups in total. The van der Waals surface area contributed by atoms with Crippen LogP contribution in [0.15, 0.2) is 29.3 Å². The van der Waals surface area contributed by atoms with Crippen molar-refractivity contribution in [1.29, 1.82) is 0 Å². The minimum absolute atomic E-state index is 0.470. The molecule has 2 rings (SSSR count). The lowest BCUT2D eigenvalue weighted by Gasteiger charge is -1.93. The van der Waals surface area contributed by atoms with E-state index in [9.17, 15) is 0 Å². The summed E-state index contributed by atoms with van der Waals surface area (Å²) in [6.45, 7) is 4.22. The smallest absolute Gasteiger partial charge is 0.0897 e. The minimum atomic E-state index is 0.470. The van der Waals surface area contributed by atoms with Gasteiger partial charge in [-0.3, -0.25) is 4.99 Å². The van der Waals surface area contributed by atoms with Crippen LogP contribution in [0, 0.1) is 6.92 Å². The Kier molecular flexibility index (Phi) is 1.31. The van der Waals surface area contributed by atoms with Crippen molar-refractivity contribution in [2.45, 2.75) is 19.9 Å². The van der Waals surface area contributed by atoms with Gasteiger partial charge < -0.3 is 0 Å². The fraction of sp³-hybridized carbons (Fsp3) is 0.300. The number of aliphatic imine (C=N–C) groups is 1. The summed E-state index contributed by atoms with van der Waals surface area (Å²) < 4.78 is 0. The van der Waals surface area contributed by atoms with E-state index in [1.807, 2.05) is 0 Å². The van der Waals surface area contributed by atoms with Gasteiger partial charge in [-0.15, -0.1) is 0 Å². The van der Waals surface area contributed by atoms with Gasteiger partial charge in [-0.2, -0.15) is 0 Å². The van der Waals surface area contributed by atoms with E-state index in [1.54, 1.807) is 0 Å². The molecule has 0 bridgehead atoms. The van der Waals surface area contributed by atoms with Crippen molar-refractivity contribution in [3.8, 4) is 0 Å². The van der Waals surface area contributed by atoms with Crippen molar-refractivity contribution in [1.82, 2.24) is 0 Å².